The first-order valence-corrected chi connectivity index (χ1v) is 5.69. The van der Waals surface area contributed by atoms with Gasteiger partial charge in [-0.15, -0.1) is 0 Å². The number of carbonyl (C=O) groups excluding carboxylic acids is 1. The van der Waals surface area contributed by atoms with Gasteiger partial charge in [-0.25, -0.2) is 0 Å². The molecular weight excluding hydrogens is 230 g/mol. The molecule has 1 aromatic carbocycles. The van der Waals surface area contributed by atoms with Crippen LogP contribution in [0.15, 0.2) is 24.3 Å². The Labute approximate surface area is 106 Å². The second kappa shape index (κ2) is 6.00. The third kappa shape index (κ3) is 4.05. The molecular formula is C14H17NO3. The molecule has 2 N–H and O–H groups in total. The third-order valence-electron chi connectivity index (χ3n) is 2.57. The van der Waals surface area contributed by atoms with Gasteiger partial charge in [0, 0.05) is 6.08 Å². The van der Waals surface area contributed by atoms with Gasteiger partial charge in [-0.3, -0.25) is 9.59 Å². The predicted molar refractivity (Wildman–Crippen MR) is 70.2 cm³/mol. The number of hydrogen-bond acceptors (Lipinski definition) is 2. The summed E-state index contributed by atoms with van der Waals surface area (Å²) in [5, 5.41) is 11.0. The Bertz CT molecular complexity index is 492. The lowest BCUT2D eigenvalue weighted by molar-refractivity contribution is -0.140. The molecule has 1 rings (SSSR count). The number of benzene rings is 1. The van der Waals surface area contributed by atoms with Crippen LogP contribution in [0.5, 0.6) is 0 Å². The van der Waals surface area contributed by atoms with Crippen molar-refractivity contribution in [2.75, 3.05) is 0 Å². The lowest BCUT2D eigenvalue weighted by Gasteiger charge is -2.06. The van der Waals surface area contributed by atoms with E-state index in [1.54, 1.807) is 6.08 Å². The van der Waals surface area contributed by atoms with Gasteiger partial charge < -0.3 is 10.4 Å². The van der Waals surface area contributed by atoms with Gasteiger partial charge in [-0.2, -0.15) is 0 Å². The molecule has 1 amide bonds. The lowest BCUT2D eigenvalue weighted by atomic mass is 10.1. The molecule has 1 aromatic rings. The second-order valence-electron chi connectivity index (χ2n) is 4.26. The average Bonchev–Trinajstić information content (AvgIpc) is 2.27. The van der Waals surface area contributed by atoms with E-state index in [0.717, 1.165) is 16.7 Å². The summed E-state index contributed by atoms with van der Waals surface area (Å²) in [7, 11) is 0. The summed E-state index contributed by atoms with van der Waals surface area (Å²) >= 11 is 0. The van der Waals surface area contributed by atoms with Crippen LogP contribution in [0.2, 0.25) is 0 Å². The van der Waals surface area contributed by atoms with Crippen molar-refractivity contribution in [2.45, 2.75) is 26.8 Å². The number of rotatable bonds is 4. The molecule has 0 bridgehead atoms. The summed E-state index contributed by atoms with van der Waals surface area (Å²) in [4.78, 5) is 22.0. The summed E-state index contributed by atoms with van der Waals surface area (Å²) < 4.78 is 0. The van der Waals surface area contributed by atoms with E-state index in [9.17, 15) is 9.59 Å². The topological polar surface area (TPSA) is 66.4 Å². The number of carboxylic acid groups (broad SMARTS) is 1. The van der Waals surface area contributed by atoms with Gasteiger partial charge in [0.25, 0.3) is 0 Å². The molecule has 0 unspecified atom stereocenters. The van der Waals surface area contributed by atoms with Crippen LogP contribution in [0.3, 0.4) is 0 Å². The van der Waals surface area contributed by atoms with Crippen LogP contribution in [-0.4, -0.2) is 23.0 Å². The molecule has 0 radical (unpaired) electrons. The predicted octanol–water partition coefficient (Wildman–Crippen LogP) is 1.91. The summed E-state index contributed by atoms with van der Waals surface area (Å²) in [5.74, 6) is -1.46. The summed E-state index contributed by atoms with van der Waals surface area (Å²) in [6.07, 6.45) is 3.02. The number of aliphatic carboxylic acids is 1. The van der Waals surface area contributed by atoms with Crippen molar-refractivity contribution in [1.82, 2.24) is 5.32 Å². The molecule has 0 aliphatic carbocycles. The van der Waals surface area contributed by atoms with Gasteiger partial charge in [-0.1, -0.05) is 23.8 Å². The maximum atomic E-state index is 11.4. The van der Waals surface area contributed by atoms with Gasteiger partial charge in [-0.05, 0) is 38.0 Å². The number of carbonyl (C=O) groups is 2. The minimum atomic E-state index is -1.05. The number of nitrogens with one attached hydrogen (secondary N) is 1. The summed E-state index contributed by atoms with van der Waals surface area (Å²) in [6, 6.07) is 5.03. The minimum absolute atomic E-state index is 0.412. The van der Waals surface area contributed by atoms with E-state index in [2.05, 4.69) is 5.32 Å². The van der Waals surface area contributed by atoms with E-state index in [0.29, 0.717) is 0 Å². The monoisotopic (exact) mass is 247 g/mol. The molecule has 0 fully saturated rings. The fourth-order valence-corrected chi connectivity index (χ4v) is 1.50. The van der Waals surface area contributed by atoms with Gasteiger partial charge in [0.1, 0.15) is 6.04 Å². The molecule has 0 aliphatic heterocycles. The quantitative estimate of drug-likeness (QED) is 0.799. The van der Waals surface area contributed by atoms with Crippen molar-refractivity contribution in [3.8, 4) is 0 Å². The van der Waals surface area contributed by atoms with Crippen LogP contribution in [-0.2, 0) is 9.59 Å². The van der Waals surface area contributed by atoms with Crippen LogP contribution in [0.1, 0.15) is 23.6 Å². The number of hydrogen-bond donors (Lipinski definition) is 2. The Hall–Kier alpha value is -2.10. The fraction of sp³-hybridized carbons (Fsp3) is 0.286. The number of amides is 1. The Morgan fingerprint density at radius 2 is 2.00 bits per heavy atom. The molecule has 96 valence electrons. The zero-order valence-corrected chi connectivity index (χ0v) is 10.7. The van der Waals surface area contributed by atoms with Crippen molar-refractivity contribution in [3.05, 3.63) is 41.0 Å². The van der Waals surface area contributed by atoms with Gasteiger partial charge in [0.15, 0.2) is 0 Å². The third-order valence-corrected chi connectivity index (χ3v) is 2.57. The van der Waals surface area contributed by atoms with Crippen molar-refractivity contribution in [1.29, 1.82) is 0 Å². The lowest BCUT2D eigenvalue weighted by Crippen LogP contribution is -2.37. The minimum Gasteiger partial charge on any atom is -0.480 e. The Morgan fingerprint density at radius 1 is 1.33 bits per heavy atom. The van der Waals surface area contributed by atoms with Crippen LogP contribution in [0, 0.1) is 13.8 Å². The van der Waals surface area contributed by atoms with Crippen molar-refractivity contribution >= 4 is 18.0 Å². The van der Waals surface area contributed by atoms with Crippen molar-refractivity contribution < 1.29 is 14.7 Å². The average molecular weight is 247 g/mol. The van der Waals surface area contributed by atoms with Gasteiger partial charge >= 0.3 is 5.97 Å². The Kier molecular flexibility index (Phi) is 4.66. The normalized spacial score (nSPS) is 12.4. The Morgan fingerprint density at radius 3 is 2.56 bits per heavy atom. The number of aryl methyl sites for hydroxylation is 2. The van der Waals surface area contributed by atoms with Crippen LogP contribution in [0.4, 0.5) is 0 Å². The van der Waals surface area contributed by atoms with Crippen molar-refractivity contribution in [2.24, 2.45) is 0 Å². The maximum absolute atomic E-state index is 11.4. The molecule has 4 nitrogen and oxygen atoms in total. The van der Waals surface area contributed by atoms with E-state index in [-0.39, 0.29) is 0 Å². The molecule has 0 heterocycles. The first-order valence-electron chi connectivity index (χ1n) is 5.69. The van der Waals surface area contributed by atoms with Crippen molar-refractivity contribution in [3.63, 3.8) is 0 Å². The molecule has 4 heteroatoms. The molecule has 0 spiro atoms. The molecule has 0 saturated carbocycles. The van der Waals surface area contributed by atoms with E-state index < -0.39 is 17.9 Å². The molecule has 0 aliphatic rings. The van der Waals surface area contributed by atoms with Gasteiger partial charge in [0.2, 0.25) is 5.91 Å². The van der Waals surface area contributed by atoms with Crippen LogP contribution < -0.4 is 5.32 Å². The molecule has 0 saturated heterocycles. The highest BCUT2D eigenvalue weighted by Gasteiger charge is 2.11. The van der Waals surface area contributed by atoms with Crippen LogP contribution in [0.25, 0.3) is 6.08 Å². The first kappa shape index (κ1) is 14.0. The van der Waals surface area contributed by atoms with E-state index >= 15 is 0 Å². The van der Waals surface area contributed by atoms with E-state index in [1.807, 2.05) is 32.0 Å². The number of carboxylic acids is 1. The highest BCUT2D eigenvalue weighted by molar-refractivity contribution is 5.94. The zero-order valence-electron chi connectivity index (χ0n) is 10.7. The highest BCUT2D eigenvalue weighted by Crippen LogP contribution is 2.11. The highest BCUT2D eigenvalue weighted by atomic mass is 16.4. The standard InChI is InChI=1S/C14H17NO3/c1-9-4-5-12(10(2)8-9)6-7-13(16)15-11(3)14(17)18/h4-8,11H,1-3H3,(H,15,16)(H,17,18)/b7-6+/t11-/m1/s1. The summed E-state index contributed by atoms with van der Waals surface area (Å²) in [5.41, 5.74) is 3.18. The van der Waals surface area contributed by atoms with E-state index in [4.69, 9.17) is 5.11 Å². The van der Waals surface area contributed by atoms with E-state index in [1.165, 1.54) is 13.0 Å². The van der Waals surface area contributed by atoms with Crippen LogP contribution >= 0.6 is 0 Å². The molecule has 0 aromatic heterocycles. The summed E-state index contributed by atoms with van der Waals surface area (Å²) in [6.45, 7) is 5.39. The zero-order chi connectivity index (χ0) is 13.7. The smallest absolute Gasteiger partial charge is 0.325 e. The molecule has 18 heavy (non-hydrogen) atoms. The Balaban J connectivity index is 2.69. The fourth-order valence-electron chi connectivity index (χ4n) is 1.50. The maximum Gasteiger partial charge on any atom is 0.325 e. The van der Waals surface area contributed by atoms with Gasteiger partial charge in [0.05, 0.1) is 0 Å². The molecule has 1 atom stereocenters. The first-order chi connectivity index (χ1) is 8.40. The SMILES string of the molecule is Cc1ccc(/C=C/C(=O)N[C@H](C)C(=O)O)c(C)c1. The second-order valence-corrected chi connectivity index (χ2v) is 4.26. The largest absolute Gasteiger partial charge is 0.480 e.